The molecule has 0 aliphatic carbocycles. The first-order valence-electron chi connectivity index (χ1n) is 3.72. The summed E-state index contributed by atoms with van der Waals surface area (Å²) in [4.78, 5) is 20.5. The molecule has 5 heteroatoms. The van der Waals surface area contributed by atoms with E-state index in [2.05, 4.69) is 5.18 Å². The van der Waals surface area contributed by atoms with E-state index in [-0.39, 0.29) is 13.0 Å². The van der Waals surface area contributed by atoms with Crippen LogP contribution in [0.2, 0.25) is 0 Å². The van der Waals surface area contributed by atoms with Gasteiger partial charge in [0.15, 0.2) is 5.76 Å². The molecule has 15 heavy (non-hydrogen) atoms. The molecule has 0 aliphatic heterocycles. The molecular weight excluding hydrogens is 198 g/mol. The van der Waals surface area contributed by atoms with E-state index in [1.54, 1.807) is 18.2 Å². The van der Waals surface area contributed by atoms with Crippen LogP contribution in [-0.4, -0.2) is 16.2 Å². The van der Waals surface area contributed by atoms with Crippen LogP contribution >= 0.6 is 0 Å². The molecule has 0 aromatic heterocycles. The number of carboxylic acids is 1. The van der Waals surface area contributed by atoms with Crippen LogP contribution in [0.3, 0.4) is 0 Å². The molecule has 5 nitrogen and oxygen atoms in total. The van der Waals surface area contributed by atoms with Crippen molar-refractivity contribution in [3.05, 3.63) is 46.5 Å². The van der Waals surface area contributed by atoms with Crippen molar-refractivity contribution in [2.75, 3.05) is 0 Å². The van der Waals surface area contributed by atoms with Crippen molar-refractivity contribution in [2.24, 2.45) is 5.18 Å². The topological polar surface area (TPSA) is 87.0 Å². The van der Waals surface area contributed by atoms with Crippen molar-refractivity contribution in [3.63, 3.8) is 0 Å². The van der Waals surface area contributed by atoms with Gasteiger partial charge >= 0.3 is 5.97 Å². The number of nitroso groups, excluding NO2 is 1. The first-order valence-corrected chi connectivity index (χ1v) is 3.72. The van der Waals surface area contributed by atoms with E-state index < -0.39 is 17.4 Å². The summed E-state index contributed by atoms with van der Waals surface area (Å²) in [5.41, 5.74) is -0.652. The molecule has 1 aromatic carbocycles. The lowest BCUT2D eigenvalue weighted by molar-refractivity contribution is -0.132. The Balaban J connectivity index is 0.00000196. The summed E-state index contributed by atoms with van der Waals surface area (Å²) in [5, 5.41) is 20.1. The largest absolute Gasteiger partial charge is 0.505 e. The van der Waals surface area contributed by atoms with E-state index in [9.17, 15) is 14.8 Å². The summed E-state index contributed by atoms with van der Waals surface area (Å²) in [5.74, 6) is -2.19. The first-order chi connectivity index (χ1) is 6.66. The molecule has 0 amide bonds. The fourth-order valence-electron chi connectivity index (χ4n) is 0.916. The standard InChI is InChI=1S/C9H7NO4.CH4/c11-8(7(10-14)9(12)13)6-4-2-1-3-5-6;/h1-5,11H,(H,12,13);1H4. The number of rotatable bonds is 3. The molecule has 1 rings (SSSR count). The number of aliphatic hydroxyl groups excluding tert-OH is 1. The minimum absolute atomic E-state index is 0. The van der Waals surface area contributed by atoms with E-state index in [4.69, 9.17) is 5.11 Å². The average Bonchev–Trinajstić information content (AvgIpc) is 2.19. The molecular formula is C10H11NO4. The van der Waals surface area contributed by atoms with Crippen molar-refractivity contribution >= 4 is 11.7 Å². The molecule has 0 bridgehead atoms. The summed E-state index contributed by atoms with van der Waals surface area (Å²) in [6.07, 6.45) is 0. The number of aliphatic carboxylic acids is 1. The number of nitrogens with zero attached hydrogens (tertiary/aromatic N) is 1. The molecule has 0 radical (unpaired) electrons. The van der Waals surface area contributed by atoms with Crippen molar-refractivity contribution in [2.45, 2.75) is 7.43 Å². The van der Waals surface area contributed by atoms with Crippen LogP contribution in [0, 0.1) is 4.91 Å². The van der Waals surface area contributed by atoms with Crippen LogP contribution in [0.5, 0.6) is 0 Å². The second kappa shape index (κ2) is 5.54. The fourth-order valence-corrected chi connectivity index (χ4v) is 0.916. The van der Waals surface area contributed by atoms with Gasteiger partial charge in [-0.25, -0.2) is 4.79 Å². The van der Waals surface area contributed by atoms with Crippen molar-refractivity contribution in [1.29, 1.82) is 0 Å². The maximum absolute atomic E-state index is 10.4. The van der Waals surface area contributed by atoms with Gasteiger partial charge in [-0.3, -0.25) is 0 Å². The van der Waals surface area contributed by atoms with Crippen LogP contribution in [0.15, 0.2) is 41.2 Å². The van der Waals surface area contributed by atoms with E-state index in [1.165, 1.54) is 12.1 Å². The molecule has 2 N–H and O–H groups in total. The maximum atomic E-state index is 10.4. The van der Waals surface area contributed by atoms with Gasteiger partial charge in [0, 0.05) is 5.56 Å². The zero-order chi connectivity index (χ0) is 10.6. The molecule has 0 heterocycles. The Kier molecular flexibility index (Phi) is 4.74. The molecule has 80 valence electrons. The molecule has 0 fully saturated rings. The third-order valence-electron chi connectivity index (χ3n) is 1.57. The highest BCUT2D eigenvalue weighted by Gasteiger charge is 2.15. The van der Waals surface area contributed by atoms with Crippen molar-refractivity contribution in [1.82, 2.24) is 0 Å². The highest BCUT2D eigenvalue weighted by molar-refractivity contribution is 5.94. The highest BCUT2D eigenvalue weighted by Crippen LogP contribution is 2.16. The van der Waals surface area contributed by atoms with Gasteiger partial charge in [0.05, 0.1) is 0 Å². The number of benzene rings is 1. The first kappa shape index (κ1) is 12.8. The summed E-state index contributed by atoms with van der Waals surface area (Å²) < 4.78 is 0. The van der Waals surface area contributed by atoms with Gasteiger partial charge in [-0.05, 0) is 5.18 Å². The Morgan fingerprint density at radius 3 is 2.07 bits per heavy atom. The van der Waals surface area contributed by atoms with Crippen LogP contribution < -0.4 is 0 Å². The van der Waals surface area contributed by atoms with Crippen LogP contribution in [0.1, 0.15) is 13.0 Å². The smallest absolute Gasteiger partial charge is 0.362 e. The predicted molar refractivity (Wildman–Crippen MR) is 56.2 cm³/mol. The zero-order valence-electron chi connectivity index (χ0n) is 7.04. The molecule has 0 saturated heterocycles. The lowest BCUT2D eigenvalue weighted by atomic mass is 10.1. The summed E-state index contributed by atoms with van der Waals surface area (Å²) >= 11 is 0. The van der Waals surface area contributed by atoms with E-state index >= 15 is 0 Å². The maximum Gasteiger partial charge on any atom is 0.362 e. The lowest BCUT2D eigenvalue weighted by Gasteiger charge is -1.99. The second-order valence-electron chi connectivity index (χ2n) is 2.46. The molecule has 0 saturated carbocycles. The number of hydrogen-bond donors (Lipinski definition) is 2. The Morgan fingerprint density at radius 2 is 1.67 bits per heavy atom. The van der Waals surface area contributed by atoms with Gasteiger partial charge in [-0.15, -0.1) is 4.91 Å². The van der Waals surface area contributed by atoms with Gasteiger partial charge < -0.3 is 10.2 Å². The molecule has 0 unspecified atom stereocenters. The van der Waals surface area contributed by atoms with Crippen LogP contribution in [-0.2, 0) is 4.79 Å². The average molecular weight is 209 g/mol. The Hall–Kier alpha value is -2.17. The highest BCUT2D eigenvalue weighted by atomic mass is 16.4. The van der Waals surface area contributed by atoms with Crippen LogP contribution in [0.25, 0.3) is 5.76 Å². The van der Waals surface area contributed by atoms with Gasteiger partial charge in [-0.1, -0.05) is 37.8 Å². The number of carboxylic acid groups (broad SMARTS) is 1. The monoisotopic (exact) mass is 209 g/mol. The molecule has 0 spiro atoms. The quantitative estimate of drug-likeness (QED) is 0.454. The van der Waals surface area contributed by atoms with Gasteiger partial charge in [0.2, 0.25) is 5.70 Å². The van der Waals surface area contributed by atoms with E-state index in [0.717, 1.165) is 0 Å². The Labute approximate surface area is 86.7 Å². The SMILES string of the molecule is C.O=NC(C(=O)O)=C(O)c1ccccc1. The van der Waals surface area contributed by atoms with Gasteiger partial charge in [0.25, 0.3) is 0 Å². The third kappa shape index (κ3) is 2.91. The Bertz CT molecular complexity index is 384. The van der Waals surface area contributed by atoms with Gasteiger partial charge in [0.1, 0.15) is 0 Å². The summed E-state index contributed by atoms with van der Waals surface area (Å²) in [6, 6.07) is 7.87. The minimum atomic E-state index is -1.55. The summed E-state index contributed by atoms with van der Waals surface area (Å²) in [6.45, 7) is 0. The zero-order valence-corrected chi connectivity index (χ0v) is 7.04. The Morgan fingerprint density at radius 1 is 1.13 bits per heavy atom. The molecule has 1 aromatic rings. The predicted octanol–water partition coefficient (Wildman–Crippen LogP) is 2.40. The van der Waals surface area contributed by atoms with Gasteiger partial charge in [-0.2, -0.15) is 0 Å². The summed E-state index contributed by atoms with van der Waals surface area (Å²) in [7, 11) is 0. The van der Waals surface area contributed by atoms with Crippen molar-refractivity contribution in [3.8, 4) is 0 Å². The van der Waals surface area contributed by atoms with E-state index in [1.807, 2.05) is 0 Å². The number of hydrogen-bond acceptors (Lipinski definition) is 4. The lowest BCUT2D eigenvalue weighted by Crippen LogP contribution is -2.01. The van der Waals surface area contributed by atoms with Crippen molar-refractivity contribution < 1.29 is 15.0 Å². The number of aliphatic hydroxyl groups is 1. The van der Waals surface area contributed by atoms with E-state index in [0.29, 0.717) is 0 Å². The number of carbonyl (C=O) groups is 1. The van der Waals surface area contributed by atoms with Crippen LogP contribution in [0.4, 0.5) is 0 Å². The normalized spacial score (nSPS) is 10.9. The third-order valence-corrected chi connectivity index (χ3v) is 1.57. The second-order valence-corrected chi connectivity index (χ2v) is 2.46. The minimum Gasteiger partial charge on any atom is -0.505 e. The molecule has 0 atom stereocenters. The molecule has 0 aliphatic rings. The fraction of sp³-hybridized carbons (Fsp3) is 0.100.